The molecule has 2 aromatic carbocycles. The van der Waals surface area contributed by atoms with Crippen LogP contribution in [0.4, 0.5) is 0 Å². The number of guanidine groups is 1. The molecule has 170 valence electrons. The minimum atomic E-state index is 0. The van der Waals surface area contributed by atoms with Crippen molar-refractivity contribution in [2.45, 2.75) is 37.6 Å². The number of benzene rings is 2. The highest BCUT2D eigenvalue weighted by Crippen LogP contribution is 2.40. The number of halogens is 1. The molecule has 0 aliphatic heterocycles. The molecule has 1 aliphatic rings. The highest BCUT2D eigenvalue weighted by Gasteiger charge is 2.35. The van der Waals surface area contributed by atoms with Crippen LogP contribution in [0, 0.1) is 0 Å². The molecule has 7 heteroatoms. The zero-order chi connectivity index (χ0) is 21.4. The minimum Gasteiger partial charge on any atom is -0.493 e. The highest BCUT2D eigenvalue weighted by molar-refractivity contribution is 14.0. The van der Waals surface area contributed by atoms with Crippen molar-refractivity contribution in [3.05, 3.63) is 53.6 Å². The molecule has 1 saturated carbocycles. The summed E-state index contributed by atoms with van der Waals surface area (Å²) in [7, 11) is 6.66. The molecule has 0 spiro atoms. The molecule has 0 saturated heterocycles. The van der Waals surface area contributed by atoms with E-state index in [0.717, 1.165) is 18.1 Å². The molecule has 2 aromatic rings. The molecule has 2 N–H and O–H groups in total. The average molecular weight is 539 g/mol. The van der Waals surface area contributed by atoms with Crippen molar-refractivity contribution in [3.8, 4) is 17.2 Å². The van der Waals surface area contributed by atoms with Gasteiger partial charge in [0, 0.05) is 25.6 Å². The SMILES string of the molecule is CN=C(NCc1cc(OC)c(OC)c(OC)c1)NCC1(c2ccccc2)CCCC1.I. The molecule has 1 fully saturated rings. The fourth-order valence-electron chi connectivity index (χ4n) is 4.31. The number of nitrogens with zero attached hydrogens (tertiary/aromatic N) is 1. The van der Waals surface area contributed by atoms with E-state index in [1.54, 1.807) is 28.4 Å². The van der Waals surface area contributed by atoms with Crippen LogP contribution in [0.3, 0.4) is 0 Å². The van der Waals surface area contributed by atoms with Gasteiger partial charge >= 0.3 is 0 Å². The van der Waals surface area contributed by atoms with Crippen molar-refractivity contribution in [1.29, 1.82) is 0 Å². The van der Waals surface area contributed by atoms with E-state index in [1.165, 1.54) is 31.2 Å². The summed E-state index contributed by atoms with van der Waals surface area (Å²) in [6.07, 6.45) is 4.95. The van der Waals surface area contributed by atoms with E-state index in [1.807, 2.05) is 12.1 Å². The number of methoxy groups -OCH3 is 3. The molecule has 3 rings (SSSR count). The van der Waals surface area contributed by atoms with E-state index >= 15 is 0 Å². The third-order valence-electron chi connectivity index (χ3n) is 5.95. The zero-order valence-electron chi connectivity index (χ0n) is 18.9. The lowest BCUT2D eigenvalue weighted by atomic mass is 9.79. The fourth-order valence-corrected chi connectivity index (χ4v) is 4.31. The molecule has 6 nitrogen and oxygen atoms in total. The zero-order valence-corrected chi connectivity index (χ0v) is 21.2. The lowest BCUT2D eigenvalue weighted by Crippen LogP contribution is -2.44. The third kappa shape index (κ3) is 5.96. The van der Waals surface area contributed by atoms with Crippen LogP contribution in [0.2, 0.25) is 0 Å². The van der Waals surface area contributed by atoms with Gasteiger partial charge in [-0.3, -0.25) is 4.99 Å². The molecule has 0 atom stereocenters. The number of hydrogen-bond donors (Lipinski definition) is 2. The first-order valence-electron chi connectivity index (χ1n) is 10.4. The van der Waals surface area contributed by atoms with Gasteiger partial charge in [-0.05, 0) is 36.1 Å². The van der Waals surface area contributed by atoms with E-state index < -0.39 is 0 Å². The van der Waals surface area contributed by atoms with E-state index in [-0.39, 0.29) is 29.4 Å². The fraction of sp³-hybridized carbons (Fsp3) is 0.458. The summed E-state index contributed by atoms with van der Waals surface area (Å²) in [6.45, 7) is 1.46. The van der Waals surface area contributed by atoms with Crippen molar-refractivity contribution in [2.75, 3.05) is 34.9 Å². The summed E-state index contributed by atoms with van der Waals surface area (Å²) in [5.74, 6) is 2.67. The monoisotopic (exact) mass is 539 g/mol. The maximum absolute atomic E-state index is 5.45. The number of rotatable bonds is 8. The standard InChI is InChI=1S/C24H33N3O3.HI/c1-25-23(26-16-18-14-20(28-2)22(30-4)21(15-18)29-3)27-17-24(12-8-9-13-24)19-10-6-5-7-11-19;/h5-7,10-11,14-15H,8-9,12-13,16-17H2,1-4H3,(H2,25,26,27);1H. The van der Waals surface area contributed by atoms with Gasteiger partial charge in [0.1, 0.15) is 0 Å². The summed E-state index contributed by atoms with van der Waals surface area (Å²) >= 11 is 0. The van der Waals surface area contributed by atoms with Crippen LogP contribution >= 0.6 is 24.0 Å². The molecule has 0 bridgehead atoms. The average Bonchev–Trinajstić information content (AvgIpc) is 3.29. The van der Waals surface area contributed by atoms with Gasteiger partial charge in [-0.25, -0.2) is 0 Å². The Kier molecular flexibility index (Phi) is 9.74. The van der Waals surface area contributed by atoms with Gasteiger partial charge in [0.05, 0.1) is 21.3 Å². The number of nitrogens with one attached hydrogen (secondary N) is 2. The molecule has 1 aliphatic carbocycles. The number of hydrogen-bond acceptors (Lipinski definition) is 4. The first kappa shape index (κ1) is 25.1. The van der Waals surface area contributed by atoms with Crippen molar-refractivity contribution in [3.63, 3.8) is 0 Å². The second kappa shape index (κ2) is 12.0. The third-order valence-corrected chi connectivity index (χ3v) is 5.95. The van der Waals surface area contributed by atoms with Crippen LogP contribution in [-0.4, -0.2) is 40.9 Å². The maximum atomic E-state index is 5.45. The largest absolute Gasteiger partial charge is 0.493 e. The summed E-state index contributed by atoms with van der Waals surface area (Å²) in [4.78, 5) is 4.41. The van der Waals surface area contributed by atoms with Gasteiger partial charge in [0.15, 0.2) is 17.5 Å². The molecule has 0 heterocycles. The maximum Gasteiger partial charge on any atom is 0.203 e. The Morgan fingerprint density at radius 1 is 0.935 bits per heavy atom. The van der Waals surface area contributed by atoms with Crippen LogP contribution in [0.5, 0.6) is 17.2 Å². The van der Waals surface area contributed by atoms with E-state index in [2.05, 4.69) is 46.0 Å². The van der Waals surface area contributed by atoms with E-state index in [4.69, 9.17) is 14.2 Å². The Balaban J connectivity index is 0.00000341. The first-order valence-corrected chi connectivity index (χ1v) is 10.4. The predicted octanol–water partition coefficient (Wildman–Crippen LogP) is 4.51. The van der Waals surface area contributed by atoms with Crippen molar-refractivity contribution < 1.29 is 14.2 Å². The Morgan fingerprint density at radius 3 is 2.06 bits per heavy atom. The van der Waals surface area contributed by atoms with Gasteiger partial charge in [-0.1, -0.05) is 43.2 Å². The Morgan fingerprint density at radius 2 is 1.55 bits per heavy atom. The topological polar surface area (TPSA) is 64.1 Å². The predicted molar refractivity (Wildman–Crippen MR) is 136 cm³/mol. The minimum absolute atomic E-state index is 0. The van der Waals surface area contributed by atoms with Crippen LogP contribution in [0.15, 0.2) is 47.5 Å². The number of ether oxygens (including phenoxy) is 3. The Bertz CT molecular complexity index is 827. The molecule has 0 radical (unpaired) electrons. The van der Waals surface area contributed by atoms with Crippen LogP contribution < -0.4 is 24.8 Å². The quantitative estimate of drug-likeness (QED) is 0.294. The molecular formula is C24H34IN3O3. The van der Waals surface area contributed by atoms with Crippen molar-refractivity contribution in [1.82, 2.24) is 10.6 Å². The summed E-state index contributed by atoms with van der Waals surface area (Å²) < 4.78 is 16.3. The number of aliphatic imine (C=N–C) groups is 1. The van der Waals surface area contributed by atoms with Crippen molar-refractivity contribution >= 4 is 29.9 Å². The van der Waals surface area contributed by atoms with E-state index in [0.29, 0.717) is 23.8 Å². The van der Waals surface area contributed by atoms with Gasteiger partial charge in [0.25, 0.3) is 0 Å². The first-order chi connectivity index (χ1) is 14.7. The van der Waals surface area contributed by atoms with E-state index in [9.17, 15) is 0 Å². The van der Waals surface area contributed by atoms with Crippen molar-refractivity contribution in [2.24, 2.45) is 4.99 Å². The normalized spacial score (nSPS) is 15.0. The molecular weight excluding hydrogens is 505 g/mol. The molecule has 0 aromatic heterocycles. The van der Waals surface area contributed by atoms with Crippen LogP contribution in [-0.2, 0) is 12.0 Å². The molecule has 0 amide bonds. The Hall–Kier alpha value is -2.16. The molecule has 31 heavy (non-hydrogen) atoms. The van der Waals surface area contributed by atoms with Gasteiger partial charge < -0.3 is 24.8 Å². The summed E-state index contributed by atoms with van der Waals surface area (Å²) in [6, 6.07) is 14.7. The van der Waals surface area contributed by atoms with Gasteiger partial charge in [-0.2, -0.15) is 0 Å². The summed E-state index contributed by atoms with van der Waals surface area (Å²) in [5.41, 5.74) is 2.60. The van der Waals surface area contributed by atoms with Crippen LogP contribution in [0.25, 0.3) is 0 Å². The van der Waals surface area contributed by atoms with Crippen LogP contribution in [0.1, 0.15) is 36.8 Å². The molecule has 0 unspecified atom stereocenters. The smallest absolute Gasteiger partial charge is 0.203 e. The summed E-state index contributed by atoms with van der Waals surface area (Å²) in [5, 5.41) is 6.96. The second-order valence-corrected chi connectivity index (χ2v) is 7.67. The van der Waals surface area contributed by atoms with Gasteiger partial charge in [0.2, 0.25) is 5.75 Å². The second-order valence-electron chi connectivity index (χ2n) is 7.67. The lowest BCUT2D eigenvalue weighted by Gasteiger charge is -2.30. The lowest BCUT2D eigenvalue weighted by molar-refractivity contribution is 0.323. The highest BCUT2D eigenvalue weighted by atomic mass is 127. The van der Waals surface area contributed by atoms with Gasteiger partial charge in [-0.15, -0.1) is 24.0 Å². The Labute approximate surface area is 202 Å².